The number of nitrogens with one attached hydrogen (secondary N) is 1. The van der Waals surface area contributed by atoms with Gasteiger partial charge in [0.05, 0.1) is 5.92 Å². The Morgan fingerprint density at radius 1 is 1.03 bits per heavy atom. The average molecular weight is 482 g/mol. The van der Waals surface area contributed by atoms with Crippen molar-refractivity contribution in [2.24, 2.45) is 5.92 Å². The summed E-state index contributed by atoms with van der Waals surface area (Å²) < 4.78 is 29.5. The van der Waals surface area contributed by atoms with Crippen LogP contribution in [0.15, 0.2) is 60.8 Å². The van der Waals surface area contributed by atoms with Crippen LogP contribution in [0.5, 0.6) is 0 Å². The fourth-order valence-corrected chi connectivity index (χ4v) is 4.45. The van der Waals surface area contributed by atoms with Gasteiger partial charge in [0, 0.05) is 35.0 Å². The van der Waals surface area contributed by atoms with Crippen molar-refractivity contribution in [1.29, 1.82) is 0 Å². The predicted molar refractivity (Wildman–Crippen MR) is 123 cm³/mol. The highest BCUT2D eigenvalue weighted by Crippen LogP contribution is 2.37. The van der Waals surface area contributed by atoms with Crippen molar-refractivity contribution in [2.75, 3.05) is 0 Å². The summed E-state index contributed by atoms with van der Waals surface area (Å²) in [6.07, 6.45) is 2.42. The lowest BCUT2D eigenvalue weighted by Crippen LogP contribution is -2.46. The zero-order chi connectivity index (χ0) is 24.0. The second-order valence-electron chi connectivity index (χ2n) is 8.24. The first-order chi connectivity index (χ1) is 16.3. The number of hydrogen-bond acceptors (Lipinski definition) is 3. The topological polar surface area (TPSA) is 83.7 Å². The van der Waals surface area contributed by atoms with Crippen LogP contribution in [-0.4, -0.2) is 32.4 Å². The van der Waals surface area contributed by atoms with Gasteiger partial charge in [-0.05, 0) is 42.7 Å². The molecule has 1 aliphatic carbocycles. The second kappa shape index (κ2) is 8.53. The van der Waals surface area contributed by atoms with Gasteiger partial charge in [-0.1, -0.05) is 35.9 Å². The van der Waals surface area contributed by atoms with Crippen LogP contribution in [0, 0.1) is 17.6 Å². The van der Waals surface area contributed by atoms with Crippen LogP contribution in [0.2, 0.25) is 5.15 Å². The van der Waals surface area contributed by atoms with Gasteiger partial charge in [-0.2, -0.15) is 0 Å². The molecule has 172 valence electrons. The van der Waals surface area contributed by atoms with Crippen LogP contribution in [0.1, 0.15) is 23.2 Å². The standard InChI is InChI=1S/C25H18ClF2N3O3/c26-23-22(19-4-2-1-3-17(19)18-6-5-15(27)12-20(18)28)30-21-11-13(7-8-31(21)23)24(32)29-16-9-14(10-16)25(33)34/h1-8,11-12,14,16H,9-10H2,(H,29,32)(H,33,34)/t14-,16+. The largest absolute Gasteiger partial charge is 0.481 e. The van der Waals surface area contributed by atoms with Gasteiger partial charge in [0.25, 0.3) is 5.91 Å². The lowest BCUT2D eigenvalue weighted by Gasteiger charge is -2.32. The number of carbonyl (C=O) groups is 2. The highest BCUT2D eigenvalue weighted by atomic mass is 35.5. The van der Waals surface area contributed by atoms with E-state index in [9.17, 15) is 18.4 Å². The third-order valence-corrected chi connectivity index (χ3v) is 6.42. The van der Waals surface area contributed by atoms with E-state index in [1.807, 2.05) is 0 Å². The molecule has 4 aromatic rings. The number of pyridine rings is 1. The fourth-order valence-electron chi connectivity index (χ4n) is 4.17. The first kappa shape index (κ1) is 22.0. The molecule has 1 aliphatic rings. The summed E-state index contributed by atoms with van der Waals surface area (Å²) in [6, 6.07) is 13.3. The number of rotatable bonds is 5. The fraction of sp³-hybridized carbons (Fsp3) is 0.160. The maximum absolute atomic E-state index is 14.5. The van der Waals surface area contributed by atoms with Gasteiger partial charge in [0.15, 0.2) is 0 Å². The van der Waals surface area contributed by atoms with Crippen molar-refractivity contribution in [2.45, 2.75) is 18.9 Å². The normalized spacial score (nSPS) is 17.4. The Kier molecular flexibility index (Phi) is 5.53. The van der Waals surface area contributed by atoms with Gasteiger partial charge in [0.1, 0.15) is 28.1 Å². The summed E-state index contributed by atoms with van der Waals surface area (Å²) in [5, 5.41) is 12.1. The van der Waals surface area contributed by atoms with Crippen LogP contribution in [0.3, 0.4) is 0 Å². The minimum Gasteiger partial charge on any atom is -0.481 e. The SMILES string of the molecule is O=C(N[C@H]1C[C@@H](C(=O)O)C1)c1ccn2c(Cl)c(-c3ccccc3-c3ccc(F)cc3F)nc2c1. The molecule has 2 aromatic heterocycles. The van der Waals surface area contributed by atoms with Crippen LogP contribution in [0.4, 0.5) is 8.78 Å². The Morgan fingerprint density at radius 3 is 2.47 bits per heavy atom. The molecule has 0 radical (unpaired) electrons. The monoisotopic (exact) mass is 481 g/mol. The molecule has 2 aromatic carbocycles. The van der Waals surface area contributed by atoms with Crippen LogP contribution < -0.4 is 5.32 Å². The number of fused-ring (bicyclic) bond motifs is 1. The molecule has 6 nitrogen and oxygen atoms in total. The molecule has 1 fully saturated rings. The molecule has 0 spiro atoms. The highest BCUT2D eigenvalue weighted by Gasteiger charge is 2.35. The van der Waals surface area contributed by atoms with E-state index in [-0.39, 0.29) is 22.7 Å². The van der Waals surface area contributed by atoms with Crippen molar-refractivity contribution < 1.29 is 23.5 Å². The van der Waals surface area contributed by atoms with E-state index in [1.165, 1.54) is 12.1 Å². The van der Waals surface area contributed by atoms with Crippen LogP contribution in [-0.2, 0) is 4.79 Å². The summed E-state index contributed by atoms with van der Waals surface area (Å²) in [5.74, 6) is -2.98. The number of carbonyl (C=O) groups excluding carboxylic acids is 1. The molecule has 0 unspecified atom stereocenters. The molecule has 34 heavy (non-hydrogen) atoms. The Hall–Kier alpha value is -3.78. The smallest absolute Gasteiger partial charge is 0.306 e. The lowest BCUT2D eigenvalue weighted by atomic mass is 9.80. The number of aromatic nitrogens is 2. The number of imidazole rings is 1. The first-order valence-electron chi connectivity index (χ1n) is 10.6. The zero-order valence-electron chi connectivity index (χ0n) is 17.6. The number of hydrogen-bond donors (Lipinski definition) is 2. The zero-order valence-corrected chi connectivity index (χ0v) is 18.4. The van der Waals surface area contributed by atoms with E-state index in [4.69, 9.17) is 16.7 Å². The number of nitrogens with zero attached hydrogens (tertiary/aromatic N) is 2. The highest BCUT2D eigenvalue weighted by molar-refractivity contribution is 6.32. The van der Waals surface area contributed by atoms with E-state index >= 15 is 0 Å². The van der Waals surface area contributed by atoms with E-state index in [1.54, 1.807) is 47.0 Å². The Bertz CT molecular complexity index is 1450. The molecule has 9 heteroatoms. The summed E-state index contributed by atoms with van der Waals surface area (Å²) in [4.78, 5) is 28.2. The number of carboxylic acid groups (broad SMARTS) is 1. The molecule has 2 N–H and O–H groups in total. The Balaban J connectivity index is 1.48. The average Bonchev–Trinajstić information content (AvgIpc) is 3.11. The van der Waals surface area contributed by atoms with Gasteiger partial charge in [-0.25, -0.2) is 13.8 Å². The third kappa shape index (κ3) is 3.90. The van der Waals surface area contributed by atoms with Crippen LogP contribution >= 0.6 is 11.6 Å². The van der Waals surface area contributed by atoms with Gasteiger partial charge in [-0.15, -0.1) is 0 Å². The van der Waals surface area contributed by atoms with E-state index in [2.05, 4.69) is 10.3 Å². The van der Waals surface area contributed by atoms with Gasteiger partial charge < -0.3 is 10.4 Å². The number of halogens is 3. The third-order valence-electron chi connectivity index (χ3n) is 6.06. The minimum absolute atomic E-state index is 0.179. The molecular formula is C25H18ClF2N3O3. The molecular weight excluding hydrogens is 464 g/mol. The van der Waals surface area contributed by atoms with Crippen molar-refractivity contribution >= 4 is 29.1 Å². The lowest BCUT2D eigenvalue weighted by molar-refractivity contribution is -0.145. The van der Waals surface area contributed by atoms with Gasteiger partial charge in [0.2, 0.25) is 0 Å². The molecule has 0 aliphatic heterocycles. The Morgan fingerprint density at radius 2 is 1.76 bits per heavy atom. The van der Waals surface area contributed by atoms with Crippen molar-refractivity contribution in [1.82, 2.24) is 14.7 Å². The number of carboxylic acids is 1. The Labute approximate surface area is 197 Å². The maximum Gasteiger partial charge on any atom is 0.306 e. The summed E-state index contributed by atoms with van der Waals surface area (Å²) in [5.41, 5.74) is 2.44. The minimum atomic E-state index is -0.854. The second-order valence-corrected chi connectivity index (χ2v) is 8.60. The summed E-state index contributed by atoms with van der Waals surface area (Å²) >= 11 is 6.60. The van der Waals surface area contributed by atoms with Crippen molar-refractivity contribution in [3.05, 3.63) is 83.1 Å². The molecule has 5 rings (SSSR count). The van der Waals surface area contributed by atoms with Gasteiger partial charge >= 0.3 is 5.97 Å². The molecule has 1 saturated carbocycles. The van der Waals surface area contributed by atoms with Crippen LogP contribution in [0.25, 0.3) is 28.0 Å². The molecule has 0 atom stereocenters. The van der Waals surface area contributed by atoms with E-state index in [0.29, 0.717) is 40.9 Å². The summed E-state index contributed by atoms with van der Waals surface area (Å²) in [6.45, 7) is 0. The van der Waals surface area contributed by atoms with Gasteiger partial charge in [-0.3, -0.25) is 14.0 Å². The first-order valence-corrected chi connectivity index (χ1v) is 11.0. The van der Waals surface area contributed by atoms with Crippen molar-refractivity contribution in [3.8, 4) is 22.4 Å². The number of amides is 1. The maximum atomic E-state index is 14.5. The van der Waals surface area contributed by atoms with E-state index < -0.39 is 23.5 Å². The predicted octanol–water partition coefficient (Wildman–Crippen LogP) is 5.19. The van der Waals surface area contributed by atoms with Crippen molar-refractivity contribution in [3.63, 3.8) is 0 Å². The molecule has 0 bridgehead atoms. The summed E-state index contributed by atoms with van der Waals surface area (Å²) in [7, 11) is 0. The van der Waals surface area contributed by atoms with E-state index in [0.717, 1.165) is 6.07 Å². The molecule has 2 heterocycles. The molecule has 1 amide bonds. The molecule has 0 saturated heterocycles. The number of aliphatic carboxylic acids is 1. The number of benzene rings is 2. The quantitative estimate of drug-likeness (QED) is 0.411.